The molecule has 7 heteroatoms. The number of carbonyl (C=O) groups is 1. The fraction of sp³-hybridized carbons (Fsp3) is 0.172. The lowest BCUT2D eigenvalue weighted by atomic mass is 9.97. The molecule has 0 unspecified atom stereocenters. The summed E-state index contributed by atoms with van der Waals surface area (Å²) in [5, 5.41) is 11.5. The average Bonchev–Trinajstić information content (AvgIpc) is 3.58. The summed E-state index contributed by atoms with van der Waals surface area (Å²) in [5.74, 6) is 0.592. The van der Waals surface area contributed by atoms with Crippen LogP contribution in [-0.2, 0) is 4.79 Å². The van der Waals surface area contributed by atoms with Crippen molar-refractivity contribution in [1.29, 1.82) is 0 Å². The summed E-state index contributed by atoms with van der Waals surface area (Å²) >= 11 is 1.67. The molecule has 3 heterocycles. The van der Waals surface area contributed by atoms with Crippen molar-refractivity contribution in [2.45, 2.75) is 12.8 Å². The molecule has 1 fully saturated rings. The van der Waals surface area contributed by atoms with Gasteiger partial charge in [-0.3, -0.25) is 4.79 Å². The molecule has 1 aliphatic heterocycles. The number of thiazole rings is 1. The van der Waals surface area contributed by atoms with Gasteiger partial charge in [-0.1, -0.05) is 41.7 Å². The number of H-pyrrole nitrogens is 1. The molecule has 0 saturated carbocycles. The zero-order chi connectivity index (χ0) is 24.5. The maximum absolute atomic E-state index is 11.4. The van der Waals surface area contributed by atoms with Crippen LogP contribution in [0, 0.1) is 5.92 Å². The lowest BCUT2D eigenvalue weighted by molar-refractivity contribution is -0.142. The summed E-state index contributed by atoms with van der Waals surface area (Å²) in [5.41, 5.74) is 4.16. The number of ether oxygens (including phenoxy) is 1. The van der Waals surface area contributed by atoms with Crippen LogP contribution in [0.15, 0.2) is 85.1 Å². The molecule has 1 aliphatic rings. The van der Waals surface area contributed by atoms with E-state index in [1.807, 2.05) is 48.7 Å². The second-order valence-corrected chi connectivity index (χ2v) is 9.94. The standard InChI is InChI=1S/C29H25N3O3S/c33-28(34)20-14-17-32(18-15-20)29-31-26(27(36-29)24-7-4-8-25-23(24)13-16-30-25)19-9-11-22(12-10-19)35-21-5-2-1-3-6-21/h1-13,16,20,30H,14-15,17-18H2,(H,33,34). The Morgan fingerprint density at radius 2 is 1.69 bits per heavy atom. The first-order valence-corrected chi connectivity index (χ1v) is 12.9. The molecule has 1 saturated heterocycles. The van der Waals surface area contributed by atoms with Crippen molar-refractivity contribution in [1.82, 2.24) is 9.97 Å². The average molecular weight is 496 g/mol. The van der Waals surface area contributed by atoms with Crippen molar-refractivity contribution in [3.05, 3.63) is 85.1 Å². The number of carboxylic acid groups (broad SMARTS) is 1. The van der Waals surface area contributed by atoms with Gasteiger partial charge in [-0.15, -0.1) is 0 Å². The van der Waals surface area contributed by atoms with Crippen LogP contribution in [-0.4, -0.2) is 34.1 Å². The van der Waals surface area contributed by atoms with Crippen LogP contribution in [0.4, 0.5) is 5.13 Å². The number of carboxylic acids is 1. The van der Waals surface area contributed by atoms with E-state index >= 15 is 0 Å². The third kappa shape index (κ3) is 4.33. The number of nitrogens with one attached hydrogen (secondary N) is 1. The van der Waals surface area contributed by atoms with Crippen LogP contribution in [0.2, 0.25) is 0 Å². The van der Waals surface area contributed by atoms with E-state index in [1.165, 1.54) is 0 Å². The van der Waals surface area contributed by atoms with Gasteiger partial charge in [-0.05, 0) is 61.4 Å². The summed E-state index contributed by atoms with van der Waals surface area (Å²) in [6.07, 6.45) is 3.24. The molecule has 0 bridgehead atoms. The summed E-state index contributed by atoms with van der Waals surface area (Å²) < 4.78 is 5.98. The molecule has 0 atom stereocenters. The predicted molar refractivity (Wildman–Crippen MR) is 144 cm³/mol. The second kappa shape index (κ2) is 9.51. The first-order chi connectivity index (χ1) is 17.7. The van der Waals surface area contributed by atoms with Crippen molar-refractivity contribution in [3.8, 4) is 33.2 Å². The van der Waals surface area contributed by atoms with Crippen molar-refractivity contribution in [2.75, 3.05) is 18.0 Å². The summed E-state index contributed by atoms with van der Waals surface area (Å²) in [7, 11) is 0. The maximum Gasteiger partial charge on any atom is 0.306 e. The topological polar surface area (TPSA) is 78.4 Å². The van der Waals surface area contributed by atoms with Crippen LogP contribution < -0.4 is 9.64 Å². The summed E-state index contributed by atoms with van der Waals surface area (Å²) in [6.45, 7) is 1.39. The highest BCUT2D eigenvalue weighted by Crippen LogP contribution is 2.43. The molecule has 2 aromatic heterocycles. The molecule has 0 amide bonds. The van der Waals surface area contributed by atoms with E-state index in [0.29, 0.717) is 25.9 Å². The lowest BCUT2D eigenvalue weighted by Gasteiger charge is -2.29. The SMILES string of the molecule is O=C(O)C1CCN(c2nc(-c3ccc(Oc4ccccc4)cc3)c(-c3cccc4[nH]ccc34)s2)CC1. The number of aromatic nitrogens is 2. The fourth-order valence-electron chi connectivity index (χ4n) is 4.73. The number of anilines is 1. The molecule has 0 radical (unpaired) electrons. The number of aliphatic carboxylic acids is 1. The Morgan fingerprint density at radius 3 is 2.44 bits per heavy atom. The van der Waals surface area contributed by atoms with Gasteiger partial charge in [0.15, 0.2) is 5.13 Å². The van der Waals surface area contributed by atoms with E-state index in [0.717, 1.165) is 49.2 Å². The van der Waals surface area contributed by atoms with E-state index in [-0.39, 0.29) is 5.92 Å². The van der Waals surface area contributed by atoms with Gasteiger partial charge < -0.3 is 19.7 Å². The lowest BCUT2D eigenvalue weighted by Crippen LogP contribution is -2.36. The summed E-state index contributed by atoms with van der Waals surface area (Å²) in [4.78, 5) is 23.2. The normalized spacial score (nSPS) is 14.3. The van der Waals surface area contributed by atoms with Crippen molar-refractivity contribution in [2.24, 2.45) is 5.92 Å². The van der Waals surface area contributed by atoms with E-state index in [9.17, 15) is 9.90 Å². The minimum absolute atomic E-state index is 0.272. The Kier molecular flexibility index (Phi) is 5.91. The Morgan fingerprint density at radius 1 is 0.944 bits per heavy atom. The largest absolute Gasteiger partial charge is 0.481 e. The minimum Gasteiger partial charge on any atom is -0.481 e. The minimum atomic E-state index is -0.702. The molecular formula is C29H25N3O3S. The third-order valence-electron chi connectivity index (χ3n) is 6.68. The molecule has 0 aliphatic carbocycles. The quantitative estimate of drug-likeness (QED) is 0.264. The number of rotatable bonds is 6. The van der Waals surface area contributed by atoms with Crippen molar-refractivity contribution in [3.63, 3.8) is 0 Å². The van der Waals surface area contributed by atoms with Gasteiger partial charge in [0, 0.05) is 41.3 Å². The van der Waals surface area contributed by atoms with Gasteiger partial charge in [0.1, 0.15) is 11.5 Å². The van der Waals surface area contributed by atoms with Crippen LogP contribution in [0.1, 0.15) is 12.8 Å². The highest BCUT2D eigenvalue weighted by atomic mass is 32.1. The second-order valence-electron chi connectivity index (χ2n) is 8.96. The molecule has 5 aromatic rings. The third-order valence-corrected chi connectivity index (χ3v) is 7.83. The van der Waals surface area contributed by atoms with Gasteiger partial charge in [0.05, 0.1) is 16.5 Å². The van der Waals surface area contributed by atoms with Crippen molar-refractivity contribution < 1.29 is 14.6 Å². The van der Waals surface area contributed by atoms with Crippen LogP contribution in [0.5, 0.6) is 11.5 Å². The van der Waals surface area contributed by atoms with Gasteiger partial charge in [-0.2, -0.15) is 0 Å². The molecule has 6 rings (SSSR count). The Balaban J connectivity index is 1.37. The van der Waals surface area contributed by atoms with E-state index in [2.05, 4.69) is 46.3 Å². The monoisotopic (exact) mass is 495 g/mol. The molecule has 6 nitrogen and oxygen atoms in total. The number of hydrogen-bond donors (Lipinski definition) is 2. The van der Waals surface area contributed by atoms with E-state index in [1.54, 1.807) is 11.3 Å². The Bertz CT molecular complexity index is 1500. The fourth-order valence-corrected chi connectivity index (χ4v) is 5.91. The van der Waals surface area contributed by atoms with Crippen LogP contribution in [0.25, 0.3) is 32.6 Å². The Hall–Kier alpha value is -4.10. The number of hydrogen-bond acceptors (Lipinski definition) is 5. The number of aromatic amines is 1. The number of benzene rings is 3. The maximum atomic E-state index is 11.4. The van der Waals surface area contributed by atoms with E-state index < -0.39 is 5.97 Å². The number of para-hydroxylation sites is 1. The molecule has 0 spiro atoms. The van der Waals surface area contributed by atoms with Crippen molar-refractivity contribution >= 4 is 33.3 Å². The first kappa shape index (κ1) is 22.4. The summed E-state index contributed by atoms with van der Waals surface area (Å²) in [6, 6.07) is 26.2. The molecule has 36 heavy (non-hydrogen) atoms. The number of piperidine rings is 1. The van der Waals surface area contributed by atoms with Gasteiger partial charge in [-0.25, -0.2) is 4.98 Å². The van der Waals surface area contributed by atoms with Crippen LogP contribution >= 0.6 is 11.3 Å². The molecule has 3 aromatic carbocycles. The van der Waals surface area contributed by atoms with Gasteiger partial charge in [0.25, 0.3) is 0 Å². The van der Waals surface area contributed by atoms with Crippen LogP contribution in [0.3, 0.4) is 0 Å². The number of fused-ring (bicyclic) bond motifs is 1. The first-order valence-electron chi connectivity index (χ1n) is 12.0. The smallest absolute Gasteiger partial charge is 0.306 e. The van der Waals surface area contributed by atoms with E-state index in [4.69, 9.17) is 9.72 Å². The highest BCUT2D eigenvalue weighted by molar-refractivity contribution is 7.19. The molecule has 180 valence electrons. The zero-order valence-electron chi connectivity index (χ0n) is 19.6. The van der Waals surface area contributed by atoms with Gasteiger partial charge in [0.2, 0.25) is 0 Å². The highest BCUT2D eigenvalue weighted by Gasteiger charge is 2.27. The Labute approximate surface area is 212 Å². The molecule has 2 N–H and O–H groups in total. The predicted octanol–water partition coefficient (Wildman–Crippen LogP) is 7.05. The zero-order valence-corrected chi connectivity index (χ0v) is 20.4. The number of nitrogens with zero attached hydrogens (tertiary/aromatic N) is 2. The van der Waals surface area contributed by atoms with Gasteiger partial charge >= 0.3 is 5.97 Å². The molecular weight excluding hydrogens is 470 g/mol.